The van der Waals surface area contributed by atoms with Crippen molar-refractivity contribution in [3.63, 3.8) is 0 Å². The summed E-state index contributed by atoms with van der Waals surface area (Å²) in [4.78, 5) is 36.4. The van der Waals surface area contributed by atoms with E-state index in [1.165, 1.54) is 0 Å². The minimum atomic E-state index is -0.209. The molecule has 0 aliphatic carbocycles. The zero-order valence-corrected chi connectivity index (χ0v) is 22.7. The fraction of sp³-hybridized carbons (Fsp3) is 0.500. The molecule has 1 aliphatic heterocycles. The molecule has 3 aromatic rings. The number of amides is 1. The van der Waals surface area contributed by atoms with E-state index in [-0.39, 0.29) is 35.1 Å². The summed E-state index contributed by atoms with van der Waals surface area (Å²) in [6.07, 6.45) is 5.35. The Balaban J connectivity index is 1.80. The van der Waals surface area contributed by atoms with Crippen molar-refractivity contribution in [1.29, 1.82) is 0 Å². The lowest BCUT2D eigenvalue weighted by Gasteiger charge is -2.41. The number of aromatic amines is 2. The molecule has 1 amide bonds. The average Bonchev–Trinajstić information content (AvgIpc) is 3.23. The number of carbonyl (C=O) groups excluding carboxylic acids is 1. The van der Waals surface area contributed by atoms with E-state index in [2.05, 4.69) is 54.3 Å². The van der Waals surface area contributed by atoms with E-state index in [0.29, 0.717) is 22.2 Å². The van der Waals surface area contributed by atoms with Gasteiger partial charge in [-0.2, -0.15) is 5.10 Å². The number of nitrogens with one attached hydrogen (secondary N) is 3. The van der Waals surface area contributed by atoms with Crippen LogP contribution in [0.15, 0.2) is 29.2 Å². The molecule has 0 bridgehead atoms. The predicted octanol–water partition coefficient (Wildman–Crippen LogP) is 4.50. The second-order valence-electron chi connectivity index (χ2n) is 11.4. The van der Waals surface area contributed by atoms with Crippen molar-refractivity contribution in [2.75, 3.05) is 0 Å². The van der Waals surface area contributed by atoms with Crippen LogP contribution in [0.2, 0.25) is 0 Å². The molecule has 4 heterocycles. The summed E-state index contributed by atoms with van der Waals surface area (Å²) in [6, 6.07) is 3.77. The van der Waals surface area contributed by atoms with Gasteiger partial charge in [0.25, 0.3) is 11.5 Å². The van der Waals surface area contributed by atoms with Gasteiger partial charge in [0, 0.05) is 28.4 Å². The van der Waals surface area contributed by atoms with Gasteiger partial charge >= 0.3 is 0 Å². The summed E-state index contributed by atoms with van der Waals surface area (Å²) in [5.41, 5.74) is 4.93. The largest absolute Gasteiger partial charge is 0.332 e. The summed E-state index contributed by atoms with van der Waals surface area (Å²) < 4.78 is 0. The van der Waals surface area contributed by atoms with Gasteiger partial charge in [-0.1, -0.05) is 13.0 Å². The zero-order valence-electron chi connectivity index (χ0n) is 22.7. The highest BCUT2D eigenvalue weighted by Gasteiger charge is 2.34. The second kappa shape index (κ2) is 9.32. The summed E-state index contributed by atoms with van der Waals surface area (Å²) in [6.45, 7) is 16.7. The van der Waals surface area contributed by atoms with Crippen LogP contribution in [0.4, 0.5) is 0 Å². The van der Waals surface area contributed by atoms with Gasteiger partial charge in [0.15, 0.2) is 5.65 Å². The second-order valence-corrected chi connectivity index (χ2v) is 11.4. The van der Waals surface area contributed by atoms with Crippen molar-refractivity contribution in [2.45, 2.75) is 91.9 Å². The number of aromatic nitrogens is 4. The Morgan fingerprint density at radius 1 is 1.19 bits per heavy atom. The lowest BCUT2D eigenvalue weighted by atomic mass is 9.82. The number of carbonyl (C=O) groups is 1. The highest BCUT2D eigenvalue weighted by molar-refractivity contribution is 6.06. The lowest BCUT2D eigenvalue weighted by Crippen LogP contribution is -2.53. The minimum absolute atomic E-state index is 0.113. The van der Waals surface area contributed by atoms with E-state index in [1.807, 2.05) is 39.8 Å². The molecule has 8 nitrogen and oxygen atoms in total. The number of aryl methyl sites for hydroxylation is 2. The monoisotopic (exact) mass is 490 g/mol. The number of hydrogen-bond donors (Lipinski definition) is 3. The van der Waals surface area contributed by atoms with E-state index in [4.69, 9.17) is 4.98 Å². The molecule has 0 atom stereocenters. The standard InChI is InChI=1S/C28H38N6O2/c1-9-18-10-17(4)30-25(35)22(18)15-34(16(2)3)26(36)20-11-23(31-24-21(20)14-29-32-24)19-12-27(5,6)33-28(7,8)13-19/h10-12,14,16,33H,9,13,15H2,1-8H3,(H,30,35)(H,29,31,32). The van der Waals surface area contributed by atoms with Crippen LogP contribution in [0, 0.1) is 6.92 Å². The molecule has 8 heteroatoms. The van der Waals surface area contributed by atoms with Crippen LogP contribution < -0.4 is 10.9 Å². The number of nitrogens with zero attached hydrogens (tertiary/aromatic N) is 3. The van der Waals surface area contributed by atoms with Gasteiger partial charge in [-0.05, 0) is 84.6 Å². The molecule has 192 valence electrons. The van der Waals surface area contributed by atoms with Crippen LogP contribution in [-0.2, 0) is 13.0 Å². The van der Waals surface area contributed by atoms with Crippen molar-refractivity contribution >= 4 is 22.5 Å². The summed E-state index contributed by atoms with van der Waals surface area (Å²) in [7, 11) is 0. The van der Waals surface area contributed by atoms with Crippen molar-refractivity contribution in [3.8, 4) is 0 Å². The number of hydrogen-bond acceptors (Lipinski definition) is 5. The Bertz CT molecular complexity index is 1390. The highest BCUT2D eigenvalue weighted by Crippen LogP contribution is 2.34. The molecular weight excluding hydrogens is 452 g/mol. The molecule has 0 radical (unpaired) electrons. The molecule has 4 rings (SSSR count). The maximum absolute atomic E-state index is 14.1. The third-order valence-corrected chi connectivity index (χ3v) is 6.77. The fourth-order valence-corrected chi connectivity index (χ4v) is 5.44. The van der Waals surface area contributed by atoms with Crippen LogP contribution in [0.5, 0.6) is 0 Å². The molecular formula is C28H38N6O2. The Hall–Kier alpha value is -3.26. The van der Waals surface area contributed by atoms with Crippen molar-refractivity contribution in [3.05, 3.63) is 62.8 Å². The van der Waals surface area contributed by atoms with Gasteiger partial charge < -0.3 is 15.2 Å². The fourth-order valence-electron chi connectivity index (χ4n) is 5.44. The molecule has 0 unspecified atom stereocenters. The van der Waals surface area contributed by atoms with Crippen LogP contribution in [0.3, 0.4) is 0 Å². The SMILES string of the molecule is CCc1cc(C)[nH]c(=O)c1CN(C(=O)c1cc(C2=CC(C)(C)NC(C)(C)C2)nc2[nH]ncc12)C(C)C. The van der Waals surface area contributed by atoms with E-state index in [0.717, 1.165) is 35.4 Å². The zero-order chi connectivity index (χ0) is 26.4. The van der Waals surface area contributed by atoms with E-state index in [1.54, 1.807) is 11.1 Å². The summed E-state index contributed by atoms with van der Waals surface area (Å²) in [5.74, 6) is -0.143. The molecule has 36 heavy (non-hydrogen) atoms. The topological polar surface area (TPSA) is 107 Å². The predicted molar refractivity (Wildman–Crippen MR) is 144 cm³/mol. The maximum atomic E-state index is 14.1. The lowest BCUT2D eigenvalue weighted by molar-refractivity contribution is 0.0691. The first-order valence-corrected chi connectivity index (χ1v) is 12.7. The summed E-state index contributed by atoms with van der Waals surface area (Å²) >= 11 is 0. The highest BCUT2D eigenvalue weighted by atomic mass is 16.2. The van der Waals surface area contributed by atoms with Crippen LogP contribution in [-0.4, -0.2) is 48.1 Å². The minimum Gasteiger partial charge on any atom is -0.332 e. The van der Waals surface area contributed by atoms with Crippen molar-refractivity contribution in [1.82, 2.24) is 30.4 Å². The molecule has 0 spiro atoms. The smallest absolute Gasteiger partial charge is 0.255 e. The first kappa shape index (κ1) is 25.8. The van der Waals surface area contributed by atoms with E-state index < -0.39 is 0 Å². The molecule has 3 N–H and O–H groups in total. The van der Waals surface area contributed by atoms with Gasteiger partial charge in [0.05, 0.1) is 29.4 Å². The quantitative estimate of drug-likeness (QED) is 0.472. The first-order valence-electron chi connectivity index (χ1n) is 12.7. The van der Waals surface area contributed by atoms with Gasteiger partial charge in [-0.15, -0.1) is 0 Å². The van der Waals surface area contributed by atoms with E-state index >= 15 is 0 Å². The molecule has 0 aromatic carbocycles. The van der Waals surface area contributed by atoms with Crippen LogP contribution in [0.25, 0.3) is 16.6 Å². The Morgan fingerprint density at radius 3 is 2.56 bits per heavy atom. The van der Waals surface area contributed by atoms with Crippen LogP contribution in [0.1, 0.15) is 87.8 Å². The molecule has 0 saturated heterocycles. The number of fused-ring (bicyclic) bond motifs is 1. The third-order valence-electron chi connectivity index (χ3n) is 6.77. The van der Waals surface area contributed by atoms with Crippen molar-refractivity contribution in [2.24, 2.45) is 0 Å². The Labute approximate surface area is 212 Å². The van der Waals surface area contributed by atoms with Gasteiger partial charge in [0.1, 0.15) is 0 Å². The molecule has 0 saturated carbocycles. The average molecular weight is 491 g/mol. The number of H-pyrrole nitrogens is 2. The Kier molecular flexibility index (Phi) is 6.68. The third kappa shape index (κ3) is 5.14. The van der Waals surface area contributed by atoms with Gasteiger partial charge in [0.2, 0.25) is 0 Å². The van der Waals surface area contributed by atoms with Gasteiger partial charge in [-0.25, -0.2) is 4.98 Å². The molecule has 3 aromatic heterocycles. The van der Waals surface area contributed by atoms with Crippen LogP contribution >= 0.6 is 0 Å². The number of pyridine rings is 2. The van der Waals surface area contributed by atoms with E-state index in [9.17, 15) is 9.59 Å². The van der Waals surface area contributed by atoms with Gasteiger partial charge in [-0.3, -0.25) is 14.7 Å². The Morgan fingerprint density at radius 2 is 1.92 bits per heavy atom. The molecule has 1 aliphatic rings. The summed E-state index contributed by atoms with van der Waals surface area (Å²) in [5, 5.41) is 11.5. The number of rotatable bonds is 6. The maximum Gasteiger partial charge on any atom is 0.255 e. The first-order chi connectivity index (χ1) is 16.8. The van der Waals surface area contributed by atoms with Crippen molar-refractivity contribution < 1.29 is 4.79 Å². The normalized spacial score (nSPS) is 16.9. The molecule has 0 fully saturated rings.